The number of hydrogen-bond acceptors (Lipinski definition) is 8. The predicted molar refractivity (Wildman–Crippen MR) is 118 cm³/mol. The average Bonchev–Trinajstić information content (AvgIpc) is 3.32. The molecule has 12 nitrogen and oxygen atoms in total. The van der Waals surface area contributed by atoms with Gasteiger partial charge in [-0.2, -0.15) is 5.06 Å². The van der Waals surface area contributed by atoms with Crippen molar-refractivity contribution in [2.24, 2.45) is 0 Å². The highest BCUT2D eigenvalue weighted by atomic mass is 16.7. The monoisotopic (exact) mass is 473 g/mol. The van der Waals surface area contributed by atoms with E-state index in [1.165, 1.54) is 38.0 Å². The fourth-order valence-electron chi connectivity index (χ4n) is 4.32. The molecular weight excluding hydrogens is 446 g/mol. The van der Waals surface area contributed by atoms with E-state index in [0.717, 1.165) is 5.06 Å². The number of rotatable bonds is 7. The Labute approximate surface area is 196 Å². The number of piperidine rings is 1. The van der Waals surface area contributed by atoms with Crippen molar-refractivity contribution in [3.8, 4) is 0 Å². The number of nitrogens with zero attached hydrogens (tertiary/aromatic N) is 4. The maximum atomic E-state index is 13.4. The molecule has 181 valence electrons. The van der Waals surface area contributed by atoms with E-state index in [1.807, 2.05) is 0 Å². The fraction of sp³-hybridized carbons (Fsp3) is 0.500. The maximum absolute atomic E-state index is 13.4. The van der Waals surface area contributed by atoms with Crippen LogP contribution in [0.4, 0.5) is 5.69 Å². The van der Waals surface area contributed by atoms with Crippen LogP contribution in [0.3, 0.4) is 0 Å². The molecule has 0 bridgehead atoms. The number of amides is 4. The lowest BCUT2D eigenvalue weighted by atomic mass is 9.86. The summed E-state index contributed by atoms with van der Waals surface area (Å²) in [4.78, 5) is 81.8. The van der Waals surface area contributed by atoms with Crippen LogP contribution in [0, 0.1) is 4.91 Å². The van der Waals surface area contributed by atoms with Crippen LogP contribution in [0.2, 0.25) is 0 Å². The molecule has 0 aliphatic carbocycles. The largest absolute Gasteiger partial charge is 0.494 e. The molecule has 2 fully saturated rings. The molecule has 4 amide bonds. The molecule has 1 radical (unpaired) electrons. The molecule has 0 aromatic heterocycles. The Morgan fingerprint density at radius 1 is 1.21 bits per heavy atom. The van der Waals surface area contributed by atoms with Gasteiger partial charge < -0.3 is 10.2 Å². The summed E-state index contributed by atoms with van der Waals surface area (Å²) in [7, 11) is 1.20. The van der Waals surface area contributed by atoms with Crippen molar-refractivity contribution >= 4 is 35.1 Å². The van der Waals surface area contributed by atoms with Crippen LogP contribution >= 0.6 is 0 Å². The number of Topliss-reactive ketones (excluding diaryl/α,β-unsaturated/α-hetero) is 1. The smallest absolute Gasteiger partial charge is 0.343 e. The number of nitrogens with one attached hydrogen (secondary N) is 1. The molecule has 2 aliphatic rings. The summed E-state index contributed by atoms with van der Waals surface area (Å²) in [6.07, 6.45) is 0.619. The number of hydroxylamine groups is 2. The molecule has 0 spiro atoms. The van der Waals surface area contributed by atoms with Crippen molar-refractivity contribution in [3.05, 3.63) is 35.2 Å². The summed E-state index contributed by atoms with van der Waals surface area (Å²) in [5, 5.41) is 6.71. The molecule has 0 unspecified atom stereocenters. The zero-order chi connectivity index (χ0) is 25.0. The van der Waals surface area contributed by atoms with Crippen LogP contribution in [0.25, 0.3) is 0 Å². The molecule has 0 saturated carbocycles. The lowest BCUT2D eigenvalue weighted by Gasteiger charge is -2.42. The van der Waals surface area contributed by atoms with E-state index in [1.54, 1.807) is 18.2 Å². The normalized spacial score (nSPS) is 23.4. The molecular formula is C22H27N5O7+. The van der Waals surface area contributed by atoms with Gasteiger partial charge in [-0.1, -0.05) is 18.2 Å². The Hall–Kier alpha value is -3.67. The van der Waals surface area contributed by atoms with Crippen LogP contribution in [-0.2, 0) is 28.8 Å². The lowest BCUT2D eigenvalue weighted by molar-refractivity contribution is -0.217. The molecule has 1 N–H and O–H groups in total. The molecule has 2 saturated heterocycles. The Morgan fingerprint density at radius 2 is 1.88 bits per heavy atom. The number of hydrogen-bond donors (Lipinski definition) is 1. The molecule has 2 heterocycles. The Balaban J connectivity index is 1.75. The molecule has 2 aliphatic heterocycles. The molecule has 1 aromatic carbocycles. The van der Waals surface area contributed by atoms with Gasteiger partial charge in [0.1, 0.15) is 22.7 Å². The molecule has 34 heavy (non-hydrogen) atoms. The van der Waals surface area contributed by atoms with Crippen molar-refractivity contribution in [1.29, 1.82) is 0 Å². The van der Waals surface area contributed by atoms with Crippen LogP contribution in [0.5, 0.6) is 0 Å². The second-order valence-electron chi connectivity index (χ2n) is 8.32. The zero-order valence-corrected chi connectivity index (χ0v) is 19.2. The van der Waals surface area contributed by atoms with Gasteiger partial charge in [0.2, 0.25) is 17.4 Å². The van der Waals surface area contributed by atoms with Crippen molar-refractivity contribution in [2.45, 2.75) is 57.2 Å². The standard InChI is InChI=1S/C22H27N5O7/c1-14(20(31)26(24-33)15-8-5-4-6-9-15)23-19(30)16-10-7-13-25(16)21(32)22(2)17(28)11-12-18(29)27(22)34-3/h4-6,8-9,14,16H,7,10-13H2,1-3H3,(H,23,30)/q+1/t14-,16-,22+/m0/s1. The summed E-state index contributed by atoms with van der Waals surface area (Å²) in [5.41, 5.74) is -1.64. The minimum Gasteiger partial charge on any atom is -0.343 e. The van der Waals surface area contributed by atoms with Crippen molar-refractivity contribution < 1.29 is 28.8 Å². The van der Waals surface area contributed by atoms with Crippen molar-refractivity contribution in [1.82, 2.24) is 20.6 Å². The molecule has 1 aromatic rings. The highest BCUT2D eigenvalue weighted by Gasteiger charge is 2.55. The van der Waals surface area contributed by atoms with Crippen molar-refractivity contribution in [3.63, 3.8) is 0 Å². The quantitative estimate of drug-likeness (QED) is 0.434. The van der Waals surface area contributed by atoms with Gasteiger partial charge in [0.15, 0.2) is 5.78 Å². The summed E-state index contributed by atoms with van der Waals surface area (Å²) in [6.45, 7) is 2.91. The van der Waals surface area contributed by atoms with Gasteiger partial charge in [-0.3, -0.25) is 28.8 Å². The van der Waals surface area contributed by atoms with Gasteiger partial charge >= 0.3 is 11.2 Å². The topological polar surface area (TPSA) is 148 Å². The third kappa shape index (κ3) is 4.40. The first kappa shape index (κ1) is 25.0. The second-order valence-corrected chi connectivity index (χ2v) is 8.32. The van der Waals surface area contributed by atoms with Gasteiger partial charge in [-0.05, 0) is 38.8 Å². The number of likely N-dealkylation sites (tertiary alicyclic amines) is 1. The highest BCUT2D eigenvalue weighted by Crippen LogP contribution is 2.31. The summed E-state index contributed by atoms with van der Waals surface area (Å²) >= 11 is 0. The number of para-hydroxylation sites is 1. The molecule has 3 rings (SSSR count). The number of carbonyl (C=O) groups is 5. The van der Waals surface area contributed by atoms with Gasteiger partial charge in [-0.15, -0.1) is 0 Å². The van der Waals surface area contributed by atoms with Gasteiger partial charge in [0.05, 0.1) is 7.11 Å². The maximum Gasteiger partial charge on any atom is 0.494 e. The minimum atomic E-state index is -1.89. The van der Waals surface area contributed by atoms with Crippen LogP contribution in [0.1, 0.15) is 39.5 Å². The second kappa shape index (κ2) is 10.1. The Morgan fingerprint density at radius 3 is 2.50 bits per heavy atom. The van der Waals surface area contributed by atoms with Gasteiger partial charge in [-0.25, -0.2) is 0 Å². The van der Waals surface area contributed by atoms with Crippen LogP contribution in [-0.4, -0.2) is 70.7 Å². The SMILES string of the molecule is CON1C(=O)CCC(=O)[C@]1(C)C(=O)N1CCC[C@H]1C(=O)N[C@@H](C)C(=O)N([N+]=O)c1ccccc1. The van der Waals surface area contributed by atoms with E-state index in [-0.39, 0.29) is 25.1 Å². The molecule has 12 heteroatoms. The number of benzene rings is 1. The number of carbonyl (C=O) groups excluding carboxylic acids is 5. The van der Waals surface area contributed by atoms with Crippen LogP contribution in [0.15, 0.2) is 30.3 Å². The predicted octanol–water partition coefficient (Wildman–Crippen LogP) is 0.0441. The van der Waals surface area contributed by atoms with E-state index in [9.17, 15) is 28.9 Å². The Bertz CT molecular complexity index is 1000. The zero-order valence-electron chi connectivity index (χ0n) is 19.2. The van der Waals surface area contributed by atoms with Gasteiger partial charge in [0, 0.05) is 24.4 Å². The third-order valence-corrected chi connectivity index (χ3v) is 6.18. The van der Waals surface area contributed by atoms with E-state index >= 15 is 0 Å². The Kier molecular flexibility index (Phi) is 7.40. The van der Waals surface area contributed by atoms with Crippen molar-refractivity contribution in [2.75, 3.05) is 18.7 Å². The number of ketones is 1. The van der Waals surface area contributed by atoms with E-state index in [2.05, 4.69) is 10.6 Å². The summed E-state index contributed by atoms with van der Waals surface area (Å²) in [6, 6.07) is 5.94. The number of nitroso groups, excluding NO2 is 1. The average molecular weight is 473 g/mol. The number of anilines is 1. The minimum absolute atomic E-state index is 0.0677. The highest BCUT2D eigenvalue weighted by molar-refractivity contribution is 6.15. The van der Waals surface area contributed by atoms with E-state index in [4.69, 9.17) is 4.84 Å². The lowest BCUT2D eigenvalue weighted by Crippen LogP contribution is -2.67. The van der Waals surface area contributed by atoms with Gasteiger partial charge in [0.25, 0.3) is 5.91 Å². The fourth-order valence-corrected chi connectivity index (χ4v) is 4.32. The van der Waals surface area contributed by atoms with E-state index < -0.39 is 47.0 Å². The first-order valence-corrected chi connectivity index (χ1v) is 10.9. The van der Waals surface area contributed by atoms with Crippen LogP contribution < -0.4 is 15.6 Å². The summed E-state index contributed by atoms with van der Waals surface area (Å²) in [5.74, 6) is -3.07. The molecule has 3 atom stereocenters. The first-order valence-electron chi connectivity index (χ1n) is 10.9. The van der Waals surface area contributed by atoms with E-state index in [0.29, 0.717) is 17.9 Å². The third-order valence-electron chi connectivity index (χ3n) is 6.18. The first-order chi connectivity index (χ1) is 16.2. The summed E-state index contributed by atoms with van der Waals surface area (Å²) < 4.78 is 0.